The lowest BCUT2D eigenvalue weighted by atomic mass is 10.2. The molecule has 1 heterocycles. The zero-order valence-electron chi connectivity index (χ0n) is 6.67. The maximum absolute atomic E-state index is 4.24. The second-order valence-electron chi connectivity index (χ2n) is 2.41. The maximum atomic E-state index is 4.24. The van der Waals surface area contributed by atoms with Crippen molar-refractivity contribution in [2.24, 2.45) is 4.99 Å². The molecule has 2 heteroatoms. The molecule has 0 saturated carbocycles. The van der Waals surface area contributed by atoms with Gasteiger partial charge in [-0.1, -0.05) is 6.92 Å². The van der Waals surface area contributed by atoms with Crippen molar-refractivity contribution >= 4 is 5.71 Å². The minimum Gasteiger partial charge on any atom is -0.371 e. The molecule has 1 rings (SSSR count). The van der Waals surface area contributed by atoms with Crippen LogP contribution in [0.15, 0.2) is 17.4 Å². The molecule has 1 aliphatic rings. The standard InChI is InChI=1S/C8H14N2/c1-3-8-7-10(4-2)6-5-9-8/h5-6H,3-4,7H2,1-2H3. The zero-order chi connectivity index (χ0) is 7.40. The van der Waals surface area contributed by atoms with Crippen LogP contribution in [-0.2, 0) is 0 Å². The van der Waals surface area contributed by atoms with Crippen LogP contribution in [0.3, 0.4) is 0 Å². The average Bonchev–Trinajstić information content (AvgIpc) is 2.05. The van der Waals surface area contributed by atoms with Crippen LogP contribution in [0.5, 0.6) is 0 Å². The number of rotatable bonds is 2. The Hall–Kier alpha value is -0.790. The Kier molecular flexibility index (Phi) is 2.49. The van der Waals surface area contributed by atoms with Crippen LogP contribution in [0.1, 0.15) is 20.3 Å². The normalized spacial score (nSPS) is 17.4. The minimum absolute atomic E-state index is 1.02. The Bertz CT molecular complexity index is 159. The molecule has 1 aliphatic heterocycles. The van der Waals surface area contributed by atoms with Gasteiger partial charge in [0, 0.05) is 24.7 Å². The van der Waals surface area contributed by atoms with Crippen LogP contribution in [0.2, 0.25) is 0 Å². The van der Waals surface area contributed by atoms with Gasteiger partial charge in [0.1, 0.15) is 0 Å². The Morgan fingerprint density at radius 3 is 3.00 bits per heavy atom. The Labute approximate surface area is 62.3 Å². The summed E-state index contributed by atoms with van der Waals surface area (Å²) >= 11 is 0. The van der Waals surface area contributed by atoms with Crippen molar-refractivity contribution in [1.82, 2.24) is 4.90 Å². The van der Waals surface area contributed by atoms with Gasteiger partial charge >= 0.3 is 0 Å². The average molecular weight is 138 g/mol. The van der Waals surface area contributed by atoms with E-state index >= 15 is 0 Å². The van der Waals surface area contributed by atoms with Crippen molar-refractivity contribution in [2.75, 3.05) is 13.1 Å². The van der Waals surface area contributed by atoms with Crippen LogP contribution in [-0.4, -0.2) is 23.7 Å². The zero-order valence-corrected chi connectivity index (χ0v) is 6.67. The molecule has 0 spiro atoms. The Morgan fingerprint density at radius 1 is 1.60 bits per heavy atom. The van der Waals surface area contributed by atoms with E-state index in [0.29, 0.717) is 0 Å². The van der Waals surface area contributed by atoms with Gasteiger partial charge in [0.15, 0.2) is 0 Å². The van der Waals surface area contributed by atoms with Crippen LogP contribution in [0.4, 0.5) is 0 Å². The van der Waals surface area contributed by atoms with Crippen LogP contribution in [0, 0.1) is 0 Å². The van der Waals surface area contributed by atoms with Gasteiger partial charge < -0.3 is 4.90 Å². The predicted molar refractivity (Wildman–Crippen MR) is 44.1 cm³/mol. The predicted octanol–water partition coefficient (Wildman–Crippen LogP) is 1.64. The molecule has 2 nitrogen and oxygen atoms in total. The monoisotopic (exact) mass is 138 g/mol. The summed E-state index contributed by atoms with van der Waals surface area (Å²) in [6.45, 7) is 6.40. The first-order valence-electron chi connectivity index (χ1n) is 3.83. The lowest BCUT2D eigenvalue weighted by molar-refractivity contribution is 0.443. The third-order valence-corrected chi connectivity index (χ3v) is 1.73. The van der Waals surface area contributed by atoms with E-state index in [1.165, 1.54) is 5.71 Å². The second kappa shape index (κ2) is 3.40. The van der Waals surface area contributed by atoms with E-state index in [9.17, 15) is 0 Å². The minimum atomic E-state index is 1.02. The van der Waals surface area contributed by atoms with Crippen molar-refractivity contribution in [2.45, 2.75) is 20.3 Å². The van der Waals surface area contributed by atoms with Crippen molar-refractivity contribution in [1.29, 1.82) is 0 Å². The summed E-state index contributed by atoms with van der Waals surface area (Å²) in [5, 5.41) is 0. The molecule has 0 amide bonds. The first-order chi connectivity index (χ1) is 4.86. The number of hydrogen-bond donors (Lipinski definition) is 0. The van der Waals surface area contributed by atoms with Gasteiger partial charge in [-0.25, -0.2) is 0 Å². The van der Waals surface area contributed by atoms with E-state index in [2.05, 4.69) is 23.7 Å². The lowest BCUT2D eigenvalue weighted by Gasteiger charge is -2.20. The topological polar surface area (TPSA) is 15.6 Å². The molecule has 0 radical (unpaired) electrons. The van der Waals surface area contributed by atoms with E-state index < -0.39 is 0 Å². The van der Waals surface area contributed by atoms with Crippen LogP contribution >= 0.6 is 0 Å². The molecule has 0 aromatic carbocycles. The van der Waals surface area contributed by atoms with Gasteiger partial charge in [-0.05, 0) is 13.3 Å². The number of aliphatic imine (C=N–C) groups is 1. The molecule has 0 aromatic rings. The van der Waals surface area contributed by atoms with E-state index in [-0.39, 0.29) is 0 Å². The molecule has 56 valence electrons. The summed E-state index contributed by atoms with van der Waals surface area (Å²) in [6.07, 6.45) is 4.99. The van der Waals surface area contributed by atoms with Crippen LogP contribution in [0.25, 0.3) is 0 Å². The molecule has 0 N–H and O–H groups in total. The summed E-state index contributed by atoms with van der Waals surface area (Å²) in [6, 6.07) is 0. The highest BCUT2D eigenvalue weighted by Gasteiger charge is 2.03. The highest BCUT2D eigenvalue weighted by Crippen LogP contribution is 2.00. The molecule has 0 aromatic heterocycles. The summed E-state index contributed by atoms with van der Waals surface area (Å²) in [5.74, 6) is 0. The molecular weight excluding hydrogens is 124 g/mol. The summed E-state index contributed by atoms with van der Waals surface area (Å²) in [4.78, 5) is 6.50. The maximum Gasteiger partial charge on any atom is 0.0557 e. The van der Waals surface area contributed by atoms with Crippen molar-refractivity contribution < 1.29 is 0 Å². The Balaban J connectivity index is 2.50. The van der Waals surface area contributed by atoms with Crippen LogP contribution < -0.4 is 0 Å². The second-order valence-corrected chi connectivity index (χ2v) is 2.41. The third kappa shape index (κ3) is 1.59. The number of nitrogens with zero attached hydrogens (tertiary/aromatic N) is 2. The van der Waals surface area contributed by atoms with Gasteiger partial charge in [-0.2, -0.15) is 0 Å². The van der Waals surface area contributed by atoms with E-state index in [4.69, 9.17) is 0 Å². The van der Waals surface area contributed by atoms with E-state index in [1.807, 2.05) is 12.4 Å². The fraction of sp³-hybridized carbons (Fsp3) is 0.625. The molecular formula is C8H14N2. The van der Waals surface area contributed by atoms with Gasteiger partial charge in [0.2, 0.25) is 0 Å². The quantitative estimate of drug-likeness (QED) is 0.566. The van der Waals surface area contributed by atoms with Gasteiger partial charge in [-0.3, -0.25) is 4.99 Å². The van der Waals surface area contributed by atoms with Gasteiger partial charge in [-0.15, -0.1) is 0 Å². The van der Waals surface area contributed by atoms with Crippen molar-refractivity contribution in [3.05, 3.63) is 12.4 Å². The molecule has 0 atom stereocenters. The third-order valence-electron chi connectivity index (χ3n) is 1.73. The Morgan fingerprint density at radius 2 is 2.40 bits per heavy atom. The number of hydrogen-bond acceptors (Lipinski definition) is 2. The summed E-state index contributed by atoms with van der Waals surface area (Å²) < 4.78 is 0. The molecule has 0 bridgehead atoms. The fourth-order valence-electron chi connectivity index (χ4n) is 0.981. The highest BCUT2D eigenvalue weighted by molar-refractivity contribution is 5.87. The van der Waals surface area contributed by atoms with E-state index in [1.54, 1.807) is 0 Å². The SMILES string of the molecule is CCC1=NC=CN(CC)C1. The van der Waals surface area contributed by atoms with Crippen molar-refractivity contribution in [3.8, 4) is 0 Å². The molecule has 0 unspecified atom stereocenters. The molecule has 0 fully saturated rings. The lowest BCUT2D eigenvalue weighted by Crippen LogP contribution is -2.26. The summed E-state index contributed by atoms with van der Waals surface area (Å²) in [5.41, 5.74) is 1.28. The first kappa shape index (κ1) is 7.32. The fourth-order valence-corrected chi connectivity index (χ4v) is 0.981. The first-order valence-corrected chi connectivity index (χ1v) is 3.83. The highest BCUT2D eigenvalue weighted by atomic mass is 15.1. The smallest absolute Gasteiger partial charge is 0.0557 e. The largest absolute Gasteiger partial charge is 0.371 e. The molecule has 10 heavy (non-hydrogen) atoms. The molecule has 0 saturated heterocycles. The van der Waals surface area contributed by atoms with E-state index in [0.717, 1.165) is 19.5 Å². The molecule has 0 aliphatic carbocycles. The van der Waals surface area contributed by atoms with Crippen molar-refractivity contribution in [3.63, 3.8) is 0 Å². The van der Waals surface area contributed by atoms with Gasteiger partial charge in [0.05, 0.1) is 6.54 Å². The summed E-state index contributed by atoms with van der Waals surface area (Å²) in [7, 11) is 0. The van der Waals surface area contributed by atoms with Gasteiger partial charge in [0.25, 0.3) is 0 Å².